The molecule has 0 atom stereocenters. The number of nitrogens with one attached hydrogen (secondary N) is 2. The van der Waals surface area contributed by atoms with Gasteiger partial charge in [0.25, 0.3) is 0 Å². The molecule has 0 amide bonds. The molecule has 21 heavy (non-hydrogen) atoms. The van der Waals surface area contributed by atoms with E-state index in [4.69, 9.17) is 9.15 Å². The van der Waals surface area contributed by atoms with E-state index in [1.807, 2.05) is 19.2 Å². The van der Waals surface area contributed by atoms with Crippen molar-refractivity contribution in [3.8, 4) is 0 Å². The molecule has 0 bridgehead atoms. The summed E-state index contributed by atoms with van der Waals surface area (Å²) in [7, 11) is 1.83. The average Bonchev–Trinajstić information content (AvgIpc) is 2.97. The normalized spacial score (nSPS) is 15.2. The molecule has 0 saturated carbocycles. The number of rotatable bonds is 5. The van der Waals surface area contributed by atoms with E-state index >= 15 is 0 Å². The zero-order valence-electron chi connectivity index (χ0n) is 12.0. The van der Waals surface area contributed by atoms with E-state index in [1.165, 1.54) is 5.69 Å². The number of nitrogens with zero attached hydrogens (tertiary/aromatic N) is 3. The molecule has 0 radical (unpaired) electrons. The predicted octanol–water partition coefficient (Wildman–Crippen LogP) is 1.37. The molecule has 0 aliphatic carbocycles. The van der Waals surface area contributed by atoms with E-state index in [0.29, 0.717) is 18.5 Å². The van der Waals surface area contributed by atoms with Crippen LogP contribution in [-0.4, -0.2) is 43.5 Å². The summed E-state index contributed by atoms with van der Waals surface area (Å²) in [4.78, 5) is 2.31. The van der Waals surface area contributed by atoms with Gasteiger partial charge >= 0.3 is 6.01 Å². The second-order valence-corrected chi connectivity index (χ2v) is 4.80. The fourth-order valence-electron chi connectivity index (χ4n) is 2.23. The van der Waals surface area contributed by atoms with Crippen LogP contribution in [0.5, 0.6) is 0 Å². The highest BCUT2D eigenvalue weighted by molar-refractivity contribution is 5.58. The summed E-state index contributed by atoms with van der Waals surface area (Å²) < 4.78 is 10.8. The fraction of sp³-hybridized carbons (Fsp3) is 0.429. The predicted molar refractivity (Wildman–Crippen MR) is 79.8 cm³/mol. The van der Waals surface area contributed by atoms with Gasteiger partial charge in [-0.2, -0.15) is 0 Å². The minimum atomic E-state index is 0.402. The Morgan fingerprint density at radius 2 is 1.90 bits per heavy atom. The van der Waals surface area contributed by atoms with E-state index in [0.717, 1.165) is 32.0 Å². The highest BCUT2D eigenvalue weighted by atomic mass is 16.5. The van der Waals surface area contributed by atoms with Crippen LogP contribution in [0.2, 0.25) is 0 Å². The van der Waals surface area contributed by atoms with Crippen LogP contribution in [0.1, 0.15) is 5.89 Å². The molecular weight excluding hydrogens is 270 g/mol. The Labute approximate surface area is 123 Å². The smallest absolute Gasteiger partial charge is 0.320 e. The Morgan fingerprint density at radius 3 is 2.62 bits per heavy atom. The zero-order chi connectivity index (χ0) is 14.5. The van der Waals surface area contributed by atoms with Gasteiger partial charge in [-0.15, -0.1) is 5.10 Å². The first kappa shape index (κ1) is 13.8. The number of hydrogen-bond acceptors (Lipinski definition) is 7. The summed E-state index contributed by atoms with van der Waals surface area (Å²) in [6.45, 7) is 4.00. The number of benzene rings is 1. The lowest BCUT2D eigenvalue weighted by molar-refractivity contribution is 0.122. The van der Waals surface area contributed by atoms with Gasteiger partial charge < -0.3 is 24.7 Å². The van der Waals surface area contributed by atoms with Crippen LogP contribution >= 0.6 is 0 Å². The van der Waals surface area contributed by atoms with Crippen LogP contribution < -0.4 is 15.5 Å². The van der Waals surface area contributed by atoms with Gasteiger partial charge in [-0.05, 0) is 31.3 Å². The third-order valence-corrected chi connectivity index (χ3v) is 3.29. The van der Waals surface area contributed by atoms with Crippen LogP contribution in [0, 0.1) is 0 Å². The van der Waals surface area contributed by atoms with Crippen molar-refractivity contribution < 1.29 is 9.15 Å². The lowest BCUT2D eigenvalue weighted by Crippen LogP contribution is -2.36. The minimum Gasteiger partial charge on any atom is -0.406 e. The lowest BCUT2D eigenvalue weighted by Gasteiger charge is -2.28. The highest BCUT2D eigenvalue weighted by Gasteiger charge is 2.11. The van der Waals surface area contributed by atoms with Gasteiger partial charge in [-0.25, -0.2) is 0 Å². The molecule has 1 aliphatic rings. The van der Waals surface area contributed by atoms with Crippen molar-refractivity contribution in [2.24, 2.45) is 0 Å². The zero-order valence-corrected chi connectivity index (χ0v) is 12.0. The van der Waals surface area contributed by atoms with Crippen LogP contribution in [0.4, 0.5) is 17.4 Å². The van der Waals surface area contributed by atoms with Crippen molar-refractivity contribution in [2.45, 2.75) is 6.54 Å². The number of ether oxygens (including phenoxy) is 1. The Balaban J connectivity index is 1.63. The standard InChI is InChI=1S/C14H19N5O2/c1-15-10-13-17-18-14(21-13)16-11-2-4-12(5-3-11)19-6-8-20-9-7-19/h2-5,15H,6-10H2,1H3,(H,16,18). The quantitative estimate of drug-likeness (QED) is 0.861. The molecule has 112 valence electrons. The van der Waals surface area contributed by atoms with Crippen LogP contribution in [-0.2, 0) is 11.3 Å². The SMILES string of the molecule is CNCc1nnc(Nc2ccc(N3CCOCC3)cc2)o1. The second kappa shape index (κ2) is 6.55. The topological polar surface area (TPSA) is 75.5 Å². The molecule has 1 aromatic heterocycles. The maximum absolute atomic E-state index is 5.45. The number of aromatic nitrogens is 2. The van der Waals surface area contributed by atoms with Gasteiger partial charge in [0, 0.05) is 24.5 Å². The third-order valence-electron chi connectivity index (χ3n) is 3.29. The largest absolute Gasteiger partial charge is 0.406 e. The molecule has 1 aliphatic heterocycles. The van der Waals surface area contributed by atoms with Gasteiger partial charge in [-0.3, -0.25) is 0 Å². The molecule has 7 heteroatoms. The monoisotopic (exact) mass is 289 g/mol. The van der Waals surface area contributed by atoms with Crippen molar-refractivity contribution in [1.29, 1.82) is 0 Å². The van der Waals surface area contributed by atoms with Gasteiger partial charge in [0.15, 0.2) is 0 Å². The van der Waals surface area contributed by atoms with Crippen LogP contribution in [0.25, 0.3) is 0 Å². The molecule has 3 rings (SSSR count). The Morgan fingerprint density at radius 1 is 1.14 bits per heavy atom. The molecule has 2 heterocycles. The molecule has 2 N–H and O–H groups in total. The van der Waals surface area contributed by atoms with E-state index in [1.54, 1.807) is 0 Å². The third kappa shape index (κ3) is 3.50. The Bertz CT molecular complexity index is 563. The van der Waals surface area contributed by atoms with Crippen LogP contribution in [0.3, 0.4) is 0 Å². The average molecular weight is 289 g/mol. The van der Waals surface area contributed by atoms with E-state index in [9.17, 15) is 0 Å². The highest BCUT2D eigenvalue weighted by Crippen LogP contribution is 2.21. The van der Waals surface area contributed by atoms with E-state index in [2.05, 4.69) is 37.9 Å². The first-order valence-corrected chi connectivity index (χ1v) is 7.02. The summed E-state index contributed by atoms with van der Waals surface area (Å²) in [5.74, 6) is 0.560. The van der Waals surface area contributed by atoms with Gasteiger partial charge in [0.2, 0.25) is 5.89 Å². The van der Waals surface area contributed by atoms with Crippen molar-refractivity contribution in [3.63, 3.8) is 0 Å². The van der Waals surface area contributed by atoms with E-state index < -0.39 is 0 Å². The fourth-order valence-corrected chi connectivity index (χ4v) is 2.23. The first-order valence-electron chi connectivity index (χ1n) is 7.02. The Hall–Kier alpha value is -2.12. The first-order chi connectivity index (χ1) is 10.3. The van der Waals surface area contributed by atoms with Crippen molar-refractivity contribution in [1.82, 2.24) is 15.5 Å². The summed E-state index contributed by atoms with van der Waals surface area (Å²) in [5.41, 5.74) is 2.12. The summed E-state index contributed by atoms with van der Waals surface area (Å²) in [6.07, 6.45) is 0. The maximum Gasteiger partial charge on any atom is 0.320 e. The number of hydrogen-bond donors (Lipinski definition) is 2. The minimum absolute atomic E-state index is 0.402. The van der Waals surface area contributed by atoms with Gasteiger partial charge in [-0.1, -0.05) is 5.10 Å². The maximum atomic E-state index is 5.45. The van der Waals surface area contributed by atoms with Crippen molar-refractivity contribution in [3.05, 3.63) is 30.2 Å². The van der Waals surface area contributed by atoms with E-state index in [-0.39, 0.29) is 0 Å². The van der Waals surface area contributed by atoms with Crippen molar-refractivity contribution in [2.75, 3.05) is 43.6 Å². The summed E-state index contributed by atoms with van der Waals surface area (Å²) >= 11 is 0. The van der Waals surface area contributed by atoms with Gasteiger partial charge in [0.05, 0.1) is 19.8 Å². The summed E-state index contributed by atoms with van der Waals surface area (Å²) in [5, 5.41) is 13.9. The molecule has 7 nitrogen and oxygen atoms in total. The lowest BCUT2D eigenvalue weighted by atomic mass is 10.2. The van der Waals surface area contributed by atoms with Crippen LogP contribution in [0.15, 0.2) is 28.7 Å². The summed E-state index contributed by atoms with van der Waals surface area (Å²) in [6, 6.07) is 8.58. The molecule has 0 unspecified atom stereocenters. The molecule has 0 spiro atoms. The van der Waals surface area contributed by atoms with Crippen molar-refractivity contribution >= 4 is 17.4 Å². The molecule has 1 saturated heterocycles. The second-order valence-electron chi connectivity index (χ2n) is 4.80. The van der Waals surface area contributed by atoms with Gasteiger partial charge in [0.1, 0.15) is 0 Å². The molecule has 1 aromatic carbocycles. The molecule has 1 fully saturated rings. The Kier molecular flexibility index (Phi) is 4.32. The molecule has 2 aromatic rings. The molecular formula is C14H19N5O2. The number of morpholine rings is 1. The number of anilines is 3.